The Morgan fingerprint density at radius 2 is 1.95 bits per heavy atom. The molecule has 0 N–H and O–H groups in total. The van der Waals surface area contributed by atoms with Gasteiger partial charge in [-0.05, 0) is 56.5 Å². The number of ketones is 1. The zero-order valence-corrected chi connectivity index (χ0v) is 12.7. The molecule has 0 fully saturated rings. The summed E-state index contributed by atoms with van der Waals surface area (Å²) in [5, 5.41) is 0. The summed E-state index contributed by atoms with van der Waals surface area (Å²) in [4.78, 5) is 12.0. The molecule has 0 saturated heterocycles. The number of carbonyl (C=O) groups excluding carboxylic acids is 1. The van der Waals surface area contributed by atoms with E-state index in [-0.39, 0.29) is 5.78 Å². The topological polar surface area (TPSA) is 31.2 Å². The van der Waals surface area contributed by atoms with Crippen molar-refractivity contribution in [3.8, 4) is 11.4 Å². The summed E-state index contributed by atoms with van der Waals surface area (Å²) < 4.78 is 7.83. The number of fused-ring (bicyclic) bond motifs is 1. The molecule has 2 aromatic rings. The van der Waals surface area contributed by atoms with Crippen LogP contribution in [0.25, 0.3) is 5.69 Å². The van der Waals surface area contributed by atoms with Crippen molar-refractivity contribution in [2.45, 2.75) is 39.5 Å². The molecule has 0 saturated carbocycles. The number of nitrogens with zero attached hydrogens (tertiary/aromatic N) is 1. The maximum atomic E-state index is 12.0. The Hall–Kier alpha value is -2.03. The van der Waals surface area contributed by atoms with Crippen molar-refractivity contribution < 1.29 is 9.53 Å². The maximum absolute atomic E-state index is 12.0. The van der Waals surface area contributed by atoms with Crippen molar-refractivity contribution in [3.63, 3.8) is 0 Å². The minimum absolute atomic E-state index is 0.279. The third kappa shape index (κ3) is 2.60. The monoisotopic (exact) mass is 283 g/mol. The van der Waals surface area contributed by atoms with Gasteiger partial charge >= 0.3 is 0 Å². The van der Waals surface area contributed by atoms with Gasteiger partial charge in [0, 0.05) is 29.1 Å². The molecule has 0 spiro atoms. The molecule has 0 bridgehead atoms. The SMILES string of the molecule is CCCOc1ccc(-n2c(C)cc3c2CCCC3=O)cc1. The van der Waals surface area contributed by atoms with Gasteiger partial charge in [-0.3, -0.25) is 4.79 Å². The molecule has 110 valence electrons. The van der Waals surface area contributed by atoms with Crippen molar-refractivity contribution in [2.75, 3.05) is 6.61 Å². The summed E-state index contributed by atoms with van der Waals surface area (Å²) in [5.74, 6) is 1.18. The molecule has 1 aliphatic carbocycles. The van der Waals surface area contributed by atoms with Gasteiger partial charge in [-0.25, -0.2) is 0 Å². The first-order valence-corrected chi connectivity index (χ1v) is 7.68. The van der Waals surface area contributed by atoms with Crippen LogP contribution in [0.4, 0.5) is 0 Å². The summed E-state index contributed by atoms with van der Waals surface area (Å²) in [6.07, 6.45) is 3.62. The van der Waals surface area contributed by atoms with E-state index in [4.69, 9.17) is 4.74 Å². The lowest BCUT2D eigenvalue weighted by molar-refractivity contribution is 0.0972. The van der Waals surface area contributed by atoms with E-state index >= 15 is 0 Å². The number of carbonyl (C=O) groups is 1. The molecule has 0 atom stereocenters. The standard InChI is InChI=1S/C18H21NO2/c1-3-11-21-15-9-7-14(8-10-15)19-13(2)12-16-17(19)5-4-6-18(16)20/h7-10,12H,3-6,11H2,1-2H3. The molecular weight excluding hydrogens is 262 g/mol. The predicted molar refractivity (Wildman–Crippen MR) is 83.6 cm³/mol. The Morgan fingerprint density at radius 1 is 1.19 bits per heavy atom. The zero-order valence-electron chi connectivity index (χ0n) is 12.7. The third-order valence-electron chi connectivity index (χ3n) is 3.97. The Balaban J connectivity index is 1.95. The lowest BCUT2D eigenvalue weighted by Gasteiger charge is -2.16. The Labute approximate surface area is 125 Å². The molecule has 0 radical (unpaired) electrons. The van der Waals surface area contributed by atoms with Gasteiger partial charge < -0.3 is 9.30 Å². The Kier molecular flexibility index (Phi) is 3.82. The molecular formula is C18H21NO2. The minimum Gasteiger partial charge on any atom is -0.494 e. The van der Waals surface area contributed by atoms with Gasteiger partial charge in [0.15, 0.2) is 5.78 Å². The van der Waals surface area contributed by atoms with Crippen LogP contribution in [0.2, 0.25) is 0 Å². The number of hydrogen-bond acceptors (Lipinski definition) is 2. The highest BCUT2D eigenvalue weighted by Crippen LogP contribution is 2.28. The molecule has 3 heteroatoms. The van der Waals surface area contributed by atoms with E-state index in [0.29, 0.717) is 6.42 Å². The highest BCUT2D eigenvalue weighted by Gasteiger charge is 2.23. The van der Waals surface area contributed by atoms with E-state index in [1.54, 1.807) is 0 Å². The van der Waals surface area contributed by atoms with Crippen molar-refractivity contribution >= 4 is 5.78 Å². The fourth-order valence-corrected chi connectivity index (χ4v) is 3.00. The first-order valence-electron chi connectivity index (χ1n) is 7.68. The molecule has 3 rings (SSSR count). The predicted octanol–water partition coefficient (Wildman–Crippen LogP) is 4.09. The number of hydrogen-bond donors (Lipinski definition) is 0. The number of rotatable bonds is 4. The summed E-state index contributed by atoms with van der Waals surface area (Å²) in [6, 6.07) is 10.2. The van der Waals surface area contributed by atoms with Crippen LogP contribution in [0, 0.1) is 6.92 Å². The smallest absolute Gasteiger partial charge is 0.164 e. The van der Waals surface area contributed by atoms with Gasteiger partial charge in [-0.1, -0.05) is 6.92 Å². The number of benzene rings is 1. The summed E-state index contributed by atoms with van der Waals surface area (Å²) in [7, 11) is 0. The van der Waals surface area contributed by atoms with E-state index < -0.39 is 0 Å². The van der Waals surface area contributed by atoms with E-state index in [1.165, 1.54) is 0 Å². The van der Waals surface area contributed by atoms with Crippen LogP contribution in [0.1, 0.15) is 47.9 Å². The average Bonchev–Trinajstić information content (AvgIpc) is 2.83. The van der Waals surface area contributed by atoms with Crippen LogP contribution >= 0.6 is 0 Å². The molecule has 3 nitrogen and oxygen atoms in total. The van der Waals surface area contributed by atoms with Gasteiger partial charge in [0.05, 0.1) is 6.61 Å². The number of aromatic nitrogens is 1. The van der Waals surface area contributed by atoms with Gasteiger partial charge in [-0.15, -0.1) is 0 Å². The van der Waals surface area contributed by atoms with E-state index in [0.717, 1.165) is 54.3 Å². The van der Waals surface area contributed by atoms with Crippen LogP contribution in [0.15, 0.2) is 30.3 Å². The zero-order chi connectivity index (χ0) is 14.8. The van der Waals surface area contributed by atoms with E-state index in [9.17, 15) is 4.79 Å². The lowest BCUT2D eigenvalue weighted by atomic mass is 9.96. The van der Waals surface area contributed by atoms with Crippen molar-refractivity contribution in [3.05, 3.63) is 47.3 Å². The third-order valence-corrected chi connectivity index (χ3v) is 3.97. The van der Waals surface area contributed by atoms with Crippen molar-refractivity contribution in [1.29, 1.82) is 0 Å². The fraction of sp³-hybridized carbons (Fsp3) is 0.389. The number of aryl methyl sites for hydroxylation is 1. The highest BCUT2D eigenvalue weighted by molar-refractivity contribution is 5.98. The minimum atomic E-state index is 0.279. The molecule has 1 aromatic heterocycles. The second kappa shape index (κ2) is 5.76. The Morgan fingerprint density at radius 3 is 2.67 bits per heavy atom. The summed E-state index contributed by atoms with van der Waals surface area (Å²) >= 11 is 0. The quantitative estimate of drug-likeness (QED) is 0.846. The van der Waals surface area contributed by atoms with Crippen LogP contribution in [0.5, 0.6) is 5.75 Å². The largest absolute Gasteiger partial charge is 0.494 e. The fourth-order valence-electron chi connectivity index (χ4n) is 3.00. The van der Waals surface area contributed by atoms with E-state index in [2.05, 4.69) is 30.5 Å². The molecule has 0 unspecified atom stereocenters. The van der Waals surface area contributed by atoms with E-state index in [1.807, 2.05) is 18.2 Å². The van der Waals surface area contributed by atoms with Gasteiger partial charge in [-0.2, -0.15) is 0 Å². The molecule has 21 heavy (non-hydrogen) atoms. The normalized spacial score (nSPS) is 14.1. The van der Waals surface area contributed by atoms with Crippen molar-refractivity contribution in [2.24, 2.45) is 0 Å². The van der Waals surface area contributed by atoms with Crippen LogP contribution in [-0.2, 0) is 6.42 Å². The van der Waals surface area contributed by atoms with Gasteiger partial charge in [0.1, 0.15) is 5.75 Å². The molecule has 1 aliphatic rings. The van der Waals surface area contributed by atoms with Gasteiger partial charge in [0.2, 0.25) is 0 Å². The number of ether oxygens (including phenoxy) is 1. The van der Waals surface area contributed by atoms with Crippen molar-refractivity contribution in [1.82, 2.24) is 4.57 Å². The highest BCUT2D eigenvalue weighted by atomic mass is 16.5. The average molecular weight is 283 g/mol. The number of Topliss-reactive ketones (excluding diaryl/α,β-unsaturated/α-hetero) is 1. The molecule has 0 amide bonds. The second-order valence-electron chi connectivity index (χ2n) is 5.60. The lowest BCUT2D eigenvalue weighted by Crippen LogP contribution is -2.12. The first kappa shape index (κ1) is 13.9. The van der Waals surface area contributed by atoms with Crippen LogP contribution < -0.4 is 4.74 Å². The van der Waals surface area contributed by atoms with Gasteiger partial charge in [0.25, 0.3) is 0 Å². The summed E-state index contributed by atoms with van der Waals surface area (Å²) in [5.41, 5.74) is 4.29. The van der Waals surface area contributed by atoms with Crippen LogP contribution in [0.3, 0.4) is 0 Å². The Bertz CT molecular complexity index is 653. The first-order chi connectivity index (χ1) is 10.2. The van der Waals surface area contributed by atoms with Crippen LogP contribution in [-0.4, -0.2) is 17.0 Å². The summed E-state index contributed by atoms with van der Waals surface area (Å²) in [6.45, 7) is 4.90. The molecule has 1 heterocycles. The molecule has 0 aliphatic heterocycles. The second-order valence-corrected chi connectivity index (χ2v) is 5.60. The molecule has 1 aromatic carbocycles. The maximum Gasteiger partial charge on any atom is 0.164 e.